The number of aromatic amines is 1. The number of hydrogen-bond acceptors (Lipinski definition) is 3. The van der Waals surface area contributed by atoms with Crippen LogP contribution < -0.4 is 11.3 Å². The fraction of sp³-hybridized carbons (Fsp3) is 0.0909. The van der Waals surface area contributed by atoms with Gasteiger partial charge in [-0.1, -0.05) is 12.1 Å². The summed E-state index contributed by atoms with van der Waals surface area (Å²) >= 11 is 3.29. The van der Waals surface area contributed by atoms with Gasteiger partial charge in [-0.2, -0.15) is 0 Å². The Balaban J connectivity index is 2.51. The van der Waals surface area contributed by atoms with Gasteiger partial charge in [0.1, 0.15) is 0 Å². The van der Waals surface area contributed by atoms with E-state index in [0.29, 0.717) is 15.7 Å². The van der Waals surface area contributed by atoms with Crippen molar-refractivity contribution in [3.8, 4) is 0 Å². The number of nitrogens with two attached hydrogens (primary N) is 1. The Morgan fingerprint density at radius 2 is 2.12 bits per heavy atom. The second-order valence-corrected chi connectivity index (χ2v) is 4.29. The maximum atomic E-state index is 12.2. The Bertz CT molecular complexity index is 615. The number of nitrogens with one attached hydrogen (secondary N) is 1. The van der Waals surface area contributed by atoms with Gasteiger partial charge in [0.2, 0.25) is 0 Å². The number of H-pyrrole nitrogens is 1. The van der Waals surface area contributed by atoms with Gasteiger partial charge < -0.3 is 5.73 Å². The lowest BCUT2D eigenvalue weighted by Crippen LogP contribution is -2.20. The molecule has 0 saturated heterocycles. The fourth-order valence-electron chi connectivity index (χ4n) is 1.52. The number of rotatable bonds is 2. The molecular weight excluding hydrogens is 286 g/mol. The van der Waals surface area contributed by atoms with Crippen molar-refractivity contribution < 1.29 is 4.79 Å². The number of hydrogen-bond donors (Lipinski definition) is 2. The molecule has 2 aromatic rings. The highest BCUT2D eigenvalue weighted by Gasteiger charge is 2.15. The van der Waals surface area contributed by atoms with Crippen LogP contribution in [0.1, 0.15) is 16.1 Å². The first-order valence-corrected chi connectivity index (χ1v) is 5.73. The first-order valence-electron chi connectivity index (χ1n) is 4.93. The largest absolute Gasteiger partial charge is 0.325 e. The van der Waals surface area contributed by atoms with Crippen molar-refractivity contribution in [3.63, 3.8) is 0 Å². The van der Waals surface area contributed by atoms with Gasteiger partial charge >= 0.3 is 0 Å². The molecule has 0 amide bonds. The van der Waals surface area contributed by atoms with Crippen LogP contribution in [-0.4, -0.2) is 15.7 Å². The van der Waals surface area contributed by atoms with Crippen molar-refractivity contribution >= 4 is 21.8 Å². The second-order valence-electron chi connectivity index (χ2n) is 3.44. The predicted octanol–water partition coefficient (Wildman–Crippen LogP) is 1.09. The van der Waals surface area contributed by atoms with E-state index in [2.05, 4.69) is 21.0 Å². The van der Waals surface area contributed by atoms with E-state index in [9.17, 15) is 9.59 Å². The summed E-state index contributed by atoms with van der Waals surface area (Å²) < 4.78 is 1.84. The Morgan fingerprint density at radius 3 is 2.76 bits per heavy atom. The van der Waals surface area contributed by atoms with Crippen LogP contribution >= 0.6 is 15.9 Å². The molecule has 6 heteroatoms. The minimum Gasteiger partial charge on any atom is -0.325 e. The number of nitrogens with zero attached hydrogens (tertiary/aromatic N) is 1. The maximum Gasteiger partial charge on any atom is 0.277 e. The van der Waals surface area contributed by atoms with E-state index in [0.717, 1.165) is 0 Å². The molecule has 0 aliphatic heterocycles. The first kappa shape index (κ1) is 11.8. The lowest BCUT2D eigenvalue weighted by molar-refractivity contribution is 0.0940. The highest BCUT2D eigenvalue weighted by molar-refractivity contribution is 9.10. The van der Waals surface area contributed by atoms with Gasteiger partial charge in [-0.25, -0.2) is 4.68 Å². The monoisotopic (exact) mass is 295 g/mol. The summed E-state index contributed by atoms with van der Waals surface area (Å²) in [4.78, 5) is 23.4. The van der Waals surface area contributed by atoms with Crippen molar-refractivity contribution in [2.45, 2.75) is 6.54 Å². The van der Waals surface area contributed by atoms with Crippen LogP contribution in [0.2, 0.25) is 0 Å². The molecule has 0 saturated carbocycles. The van der Waals surface area contributed by atoms with Crippen molar-refractivity contribution in [1.29, 1.82) is 0 Å². The van der Waals surface area contributed by atoms with E-state index in [1.165, 1.54) is 10.7 Å². The summed E-state index contributed by atoms with van der Waals surface area (Å²) in [6, 6.07) is 8.31. The fourth-order valence-corrected chi connectivity index (χ4v) is 1.97. The zero-order valence-electron chi connectivity index (χ0n) is 8.81. The van der Waals surface area contributed by atoms with Crippen molar-refractivity contribution in [3.05, 3.63) is 56.4 Å². The molecule has 0 unspecified atom stereocenters. The van der Waals surface area contributed by atoms with Gasteiger partial charge in [0, 0.05) is 17.1 Å². The molecule has 1 aromatic carbocycles. The topological polar surface area (TPSA) is 80.9 Å². The van der Waals surface area contributed by atoms with Crippen LogP contribution in [0.3, 0.4) is 0 Å². The summed E-state index contributed by atoms with van der Waals surface area (Å²) in [6.45, 7) is 0.120. The molecular formula is C11H10BrN3O2. The summed E-state index contributed by atoms with van der Waals surface area (Å²) in [5.41, 5.74) is 6.05. The summed E-state index contributed by atoms with van der Waals surface area (Å²) in [5, 5.41) is 2.43. The van der Waals surface area contributed by atoms with Crippen molar-refractivity contribution in [2.24, 2.45) is 5.73 Å². The minimum absolute atomic E-state index is 0.120. The van der Waals surface area contributed by atoms with E-state index >= 15 is 0 Å². The van der Waals surface area contributed by atoms with Gasteiger partial charge in [0.15, 0.2) is 0 Å². The van der Waals surface area contributed by atoms with Gasteiger partial charge in [0.05, 0.1) is 11.3 Å². The highest BCUT2D eigenvalue weighted by Crippen LogP contribution is 2.17. The van der Waals surface area contributed by atoms with Crippen LogP contribution in [0.15, 0.2) is 39.6 Å². The van der Waals surface area contributed by atoms with Crippen LogP contribution in [-0.2, 0) is 6.54 Å². The molecule has 1 aromatic heterocycles. The lowest BCUT2D eigenvalue weighted by atomic mass is 10.2. The molecule has 5 nitrogen and oxygen atoms in total. The number of benzene rings is 1. The SMILES string of the molecule is NCc1cc(=O)[nH]n1C(=O)c1ccccc1Br. The zero-order chi connectivity index (χ0) is 12.4. The summed E-state index contributed by atoms with van der Waals surface area (Å²) in [6.07, 6.45) is 0. The third-order valence-corrected chi connectivity index (χ3v) is 3.01. The highest BCUT2D eigenvalue weighted by atomic mass is 79.9. The molecule has 0 aliphatic carbocycles. The van der Waals surface area contributed by atoms with E-state index in [1.54, 1.807) is 18.2 Å². The number of aromatic nitrogens is 2. The van der Waals surface area contributed by atoms with Crippen LogP contribution in [0, 0.1) is 0 Å². The first-order chi connectivity index (χ1) is 8.13. The Labute approximate surface area is 105 Å². The molecule has 0 bridgehead atoms. The molecule has 2 rings (SSSR count). The third kappa shape index (κ3) is 2.22. The molecule has 0 aliphatic rings. The minimum atomic E-state index is -0.342. The zero-order valence-corrected chi connectivity index (χ0v) is 10.4. The molecule has 17 heavy (non-hydrogen) atoms. The molecule has 3 N–H and O–H groups in total. The van der Waals surface area contributed by atoms with Gasteiger partial charge in [-0.15, -0.1) is 0 Å². The molecule has 0 spiro atoms. The Hall–Kier alpha value is -1.66. The van der Waals surface area contributed by atoms with E-state index in [-0.39, 0.29) is 18.0 Å². The molecule has 88 valence electrons. The Morgan fingerprint density at radius 1 is 1.41 bits per heavy atom. The molecule has 0 radical (unpaired) electrons. The summed E-state index contributed by atoms with van der Waals surface area (Å²) in [5.74, 6) is -0.319. The molecule has 0 fully saturated rings. The van der Waals surface area contributed by atoms with Gasteiger partial charge in [-0.3, -0.25) is 14.7 Å². The normalized spacial score (nSPS) is 10.5. The van der Waals surface area contributed by atoms with Crippen molar-refractivity contribution in [1.82, 2.24) is 9.78 Å². The van der Waals surface area contributed by atoms with E-state index in [1.807, 2.05) is 6.07 Å². The standard InChI is InChI=1S/C11H10BrN3O2/c12-9-4-2-1-3-8(9)11(17)15-7(6-13)5-10(16)14-15/h1-5H,6,13H2,(H,14,16). The number of halogens is 1. The average Bonchev–Trinajstić information content (AvgIpc) is 2.70. The van der Waals surface area contributed by atoms with Crippen molar-refractivity contribution in [2.75, 3.05) is 0 Å². The van der Waals surface area contributed by atoms with Crippen LogP contribution in [0.25, 0.3) is 0 Å². The van der Waals surface area contributed by atoms with E-state index < -0.39 is 0 Å². The lowest BCUT2D eigenvalue weighted by Gasteiger charge is -2.06. The summed E-state index contributed by atoms with van der Waals surface area (Å²) in [7, 11) is 0. The van der Waals surface area contributed by atoms with Crippen LogP contribution in [0.5, 0.6) is 0 Å². The number of carbonyl (C=O) groups excluding carboxylic acids is 1. The third-order valence-electron chi connectivity index (χ3n) is 2.32. The predicted molar refractivity (Wildman–Crippen MR) is 66.8 cm³/mol. The second kappa shape index (κ2) is 4.68. The smallest absolute Gasteiger partial charge is 0.277 e. The average molecular weight is 296 g/mol. The van der Waals surface area contributed by atoms with Gasteiger partial charge in [-0.05, 0) is 28.1 Å². The maximum absolute atomic E-state index is 12.2. The molecule has 0 atom stereocenters. The van der Waals surface area contributed by atoms with E-state index in [4.69, 9.17) is 5.73 Å². The van der Waals surface area contributed by atoms with Gasteiger partial charge in [0.25, 0.3) is 11.5 Å². The number of carbonyl (C=O) groups is 1. The Kier molecular flexibility index (Phi) is 3.26. The quantitative estimate of drug-likeness (QED) is 0.870. The van der Waals surface area contributed by atoms with Crippen LogP contribution in [0.4, 0.5) is 0 Å². The molecule has 1 heterocycles.